The third-order valence-electron chi connectivity index (χ3n) is 7.68. The van der Waals surface area contributed by atoms with Crippen LogP contribution < -0.4 is 0 Å². The van der Waals surface area contributed by atoms with E-state index in [-0.39, 0.29) is 5.91 Å². The summed E-state index contributed by atoms with van der Waals surface area (Å²) in [7, 11) is 0. The van der Waals surface area contributed by atoms with E-state index in [0.717, 1.165) is 49.8 Å². The first-order valence-electron chi connectivity index (χ1n) is 12.3. The highest BCUT2D eigenvalue weighted by molar-refractivity contribution is 5.78. The summed E-state index contributed by atoms with van der Waals surface area (Å²) in [6.07, 6.45) is 2.55. The Morgan fingerprint density at radius 2 is 1.97 bits per heavy atom. The number of rotatable bonds is 4. The first kappa shape index (κ1) is 23.4. The van der Waals surface area contributed by atoms with E-state index in [1.54, 1.807) is 6.07 Å². The molecule has 2 aromatic rings. The maximum atomic E-state index is 13.1. The molecule has 1 aromatic carbocycles. The van der Waals surface area contributed by atoms with Crippen molar-refractivity contribution in [1.29, 1.82) is 0 Å². The molecule has 34 heavy (non-hydrogen) atoms. The molecule has 6 nitrogen and oxygen atoms in total. The van der Waals surface area contributed by atoms with Crippen molar-refractivity contribution in [3.63, 3.8) is 0 Å². The molecule has 0 bridgehead atoms. The smallest absolute Gasteiger partial charge is 0.339 e. The number of amides is 1. The van der Waals surface area contributed by atoms with Crippen LogP contribution in [0, 0.1) is 0 Å². The van der Waals surface area contributed by atoms with Crippen LogP contribution in [-0.4, -0.2) is 75.2 Å². The molecule has 3 aliphatic rings. The van der Waals surface area contributed by atoms with Gasteiger partial charge in [-0.05, 0) is 55.0 Å². The molecular weight excluding hydrogens is 443 g/mol. The zero-order chi connectivity index (χ0) is 23.9. The van der Waals surface area contributed by atoms with Crippen LogP contribution in [0.1, 0.15) is 49.4 Å². The van der Waals surface area contributed by atoms with Crippen LogP contribution in [0.15, 0.2) is 30.5 Å². The number of piperidine rings is 1. The molecule has 2 fully saturated rings. The van der Waals surface area contributed by atoms with Gasteiger partial charge in [-0.3, -0.25) is 14.6 Å². The summed E-state index contributed by atoms with van der Waals surface area (Å²) in [5.74, 6) is 0.203. The minimum Gasteiger partial charge on any atom is -0.339 e. The van der Waals surface area contributed by atoms with Gasteiger partial charge in [0.25, 0.3) is 0 Å². The highest BCUT2D eigenvalue weighted by Gasteiger charge is 2.36. The first-order valence-corrected chi connectivity index (χ1v) is 12.3. The number of alkyl halides is 3. The predicted molar refractivity (Wildman–Crippen MR) is 123 cm³/mol. The molecule has 1 aromatic heterocycles. The molecule has 0 N–H and O–H groups in total. The molecule has 184 valence electrons. The highest BCUT2D eigenvalue weighted by atomic mass is 19.4. The molecule has 5 rings (SSSR count). The van der Waals surface area contributed by atoms with Crippen molar-refractivity contribution >= 4 is 5.91 Å². The summed E-state index contributed by atoms with van der Waals surface area (Å²) in [6, 6.07) is 7.81. The summed E-state index contributed by atoms with van der Waals surface area (Å²) in [4.78, 5) is 19.9. The average Bonchev–Trinajstić information content (AvgIpc) is 3.34. The normalized spacial score (nSPS) is 24.1. The van der Waals surface area contributed by atoms with Gasteiger partial charge in [0.05, 0.1) is 12.2 Å². The SMILES string of the molecule is CCC1CCC[C@H]2CN(C(=O)CN3CCc4cc(-n5ccc(C(F)(F)F)n5)ccc4C3)CCN12. The Bertz CT molecular complexity index is 1040. The fourth-order valence-electron chi connectivity index (χ4n) is 5.81. The van der Waals surface area contributed by atoms with Crippen LogP contribution in [0.5, 0.6) is 0 Å². The lowest BCUT2D eigenvalue weighted by atomic mass is 9.92. The van der Waals surface area contributed by atoms with E-state index < -0.39 is 11.9 Å². The van der Waals surface area contributed by atoms with Crippen LogP contribution in [0.2, 0.25) is 0 Å². The zero-order valence-electron chi connectivity index (χ0n) is 19.6. The van der Waals surface area contributed by atoms with E-state index in [1.807, 2.05) is 17.0 Å². The van der Waals surface area contributed by atoms with Gasteiger partial charge in [-0.2, -0.15) is 18.3 Å². The second-order valence-corrected chi connectivity index (χ2v) is 9.78. The van der Waals surface area contributed by atoms with Crippen LogP contribution in [0.4, 0.5) is 13.2 Å². The molecule has 4 heterocycles. The van der Waals surface area contributed by atoms with Gasteiger partial charge in [0.2, 0.25) is 5.91 Å². The number of halogens is 3. The van der Waals surface area contributed by atoms with Crippen molar-refractivity contribution in [1.82, 2.24) is 24.5 Å². The van der Waals surface area contributed by atoms with Crippen molar-refractivity contribution in [2.45, 2.75) is 63.8 Å². The Kier molecular flexibility index (Phi) is 6.41. The lowest BCUT2D eigenvalue weighted by Crippen LogP contribution is -2.60. The molecule has 1 unspecified atom stereocenters. The Labute approximate surface area is 198 Å². The Balaban J connectivity index is 1.19. The van der Waals surface area contributed by atoms with Crippen molar-refractivity contribution in [3.8, 4) is 5.69 Å². The number of hydrogen-bond acceptors (Lipinski definition) is 4. The topological polar surface area (TPSA) is 44.6 Å². The fraction of sp³-hybridized carbons (Fsp3) is 0.600. The number of benzene rings is 1. The van der Waals surface area contributed by atoms with Gasteiger partial charge in [-0.15, -0.1) is 0 Å². The van der Waals surface area contributed by atoms with Crippen LogP contribution in [0.25, 0.3) is 5.69 Å². The van der Waals surface area contributed by atoms with Crippen molar-refractivity contribution in [3.05, 3.63) is 47.3 Å². The summed E-state index contributed by atoms with van der Waals surface area (Å²) in [5, 5.41) is 3.67. The van der Waals surface area contributed by atoms with Gasteiger partial charge >= 0.3 is 6.18 Å². The summed E-state index contributed by atoms with van der Waals surface area (Å²) in [6.45, 7) is 6.74. The second-order valence-electron chi connectivity index (χ2n) is 9.78. The second kappa shape index (κ2) is 9.34. The summed E-state index contributed by atoms with van der Waals surface area (Å²) >= 11 is 0. The zero-order valence-corrected chi connectivity index (χ0v) is 19.6. The van der Waals surface area contributed by atoms with Crippen molar-refractivity contribution < 1.29 is 18.0 Å². The average molecular weight is 476 g/mol. The maximum absolute atomic E-state index is 13.1. The van der Waals surface area contributed by atoms with Crippen LogP contribution >= 0.6 is 0 Å². The van der Waals surface area contributed by atoms with Crippen LogP contribution in [-0.2, 0) is 23.9 Å². The van der Waals surface area contributed by atoms with E-state index in [1.165, 1.54) is 36.6 Å². The van der Waals surface area contributed by atoms with E-state index in [4.69, 9.17) is 0 Å². The molecule has 2 saturated heterocycles. The number of fused-ring (bicyclic) bond motifs is 2. The fourth-order valence-corrected chi connectivity index (χ4v) is 5.81. The quantitative estimate of drug-likeness (QED) is 0.676. The van der Waals surface area contributed by atoms with Gasteiger partial charge in [-0.25, -0.2) is 4.68 Å². The van der Waals surface area contributed by atoms with Crippen molar-refractivity contribution in [2.75, 3.05) is 32.7 Å². The Morgan fingerprint density at radius 3 is 2.74 bits per heavy atom. The predicted octanol–water partition coefficient (Wildman–Crippen LogP) is 3.72. The third-order valence-corrected chi connectivity index (χ3v) is 7.68. The molecule has 2 atom stereocenters. The van der Waals surface area contributed by atoms with Gasteiger partial charge < -0.3 is 4.90 Å². The Hall–Kier alpha value is -2.39. The van der Waals surface area contributed by atoms with Gasteiger partial charge in [0.15, 0.2) is 5.69 Å². The molecule has 1 amide bonds. The van der Waals surface area contributed by atoms with Gasteiger partial charge in [0.1, 0.15) is 0 Å². The number of hydrogen-bond donors (Lipinski definition) is 0. The first-order chi connectivity index (χ1) is 16.3. The molecule has 0 spiro atoms. The minimum atomic E-state index is -4.45. The number of nitrogens with zero attached hydrogens (tertiary/aromatic N) is 5. The monoisotopic (exact) mass is 475 g/mol. The minimum absolute atomic E-state index is 0.203. The molecule has 0 aliphatic carbocycles. The molecule has 0 radical (unpaired) electrons. The standard InChI is InChI=1S/C25H32F3N5O/c1-2-20-4-3-5-22-16-31(12-13-32(20)22)24(34)17-30-10-8-18-14-21(7-6-19(18)15-30)33-11-9-23(29-33)25(26,27)28/h6-7,9,11,14,20,22H,2-5,8,10,12-13,15-17H2,1H3/t20?,22-/m0/s1. The van der Waals surface area contributed by atoms with Gasteiger partial charge in [-0.1, -0.05) is 19.4 Å². The molecular formula is C25H32F3N5O. The lowest BCUT2D eigenvalue weighted by Gasteiger charge is -2.48. The van der Waals surface area contributed by atoms with Crippen molar-refractivity contribution in [2.24, 2.45) is 0 Å². The third kappa shape index (κ3) is 4.73. The largest absolute Gasteiger partial charge is 0.435 e. The van der Waals surface area contributed by atoms with E-state index in [9.17, 15) is 18.0 Å². The number of aromatic nitrogens is 2. The molecule has 9 heteroatoms. The lowest BCUT2D eigenvalue weighted by molar-refractivity contribution is -0.141. The van der Waals surface area contributed by atoms with E-state index in [0.29, 0.717) is 30.9 Å². The number of piperazine rings is 1. The Morgan fingerprint density at radius 1 is 1.12 bits per heavy atom. The molecule has 3 aliphatic heterocycles. The summed E-state index contributed by atoms with van der Waals surface area (Å²) < 4.78 is 39.9. The van der Waals surface area contributed by atoms with Crippen LogP contribution in [0.3, 0.4) is 0 Å². The van der Waals surface area contributed by atoms with Gasteiger partial charge in [0, 0.05) is 51.0 Å². The number of carbonyl (C=O) groups excluding carboxylic acids is 1. The summed E-state index contributed by atoms with van der Waals surface area (Å²) in [5.41, 5.74) is 1.95. The maximum Gasteiger partial charge on any atom is 0.435 e. The molecule has 0 saturated carbocycles. The van der Waals surface area contributed by atoms with E-state index in [2.05, 4.69) is 21.8 Å². The van der Waals surface area contributed by atoms with E-state index >= 15 is 0 Å². The highest BCUT2D eigenvalue weighted by Crippen LogP contribution is 2.30. The number of carbonyl (C=O) groups is 1.